The summed E-state index contributed by atoms with van der Waals surface area (Å²) in [5, 5.41) is 0. The molecule has 0 bridgehead atoms. The van der Waals surface area contributed by atoms with Crippen molar-refractivity contribution in [2.24, 2.45) is 25.0 Å². The minimum Gasteiger partial charge on any atom is -0.495 e. The second-order valence-electron chi connectivity index (χ2n) is 3.67. The first-order chi connectivity index (χ1) is 11.5. The van der Waals surface area contributed by atoms with Crippen LogP contribution in [0.3, 0.4) is 0 Å². The molecule has 11 nitrogen and oxygen atoms in total. The number of carbonyl (C=O) groups excluding carboxylic acids is 5. The summed E-state index contributed by atoms with van der Waals surface area (Å²) in [6, 6.07) is 0. The molecule has 0 aliphatic carbocycles. The molecule has 0 aromatic carbocycles. The van der Waals surface area contributed by atoms with E-state index in [0.717, 1.165) is 18.6 Å². The average Bonchev–Trinajstić information content (AvgIpc) is 2.56. The van der Waals surface area contributed by atoms with Crippen molar-refractivity contribution in [3.8, 4) is 0 Å². The fourth-order valence-electron chi connectivity index (χ4n) is 0.984. The Hall–Kier alpha value is -3.76. The molecule has 0 atom stereocenters. The fourth-order valence-corrected chi connectivity index (χ4v) is 0.984. The van der Waals surface area contributed by atoms with Gasteiger partial charge in [0.15, 0.2) is 0 Å². The molecular weight excluding hydrogens is 322 g/mol. The standard InChI is InChI=1S/C13H9N5O6/c19-9-1-3-24-4-2-14-10(20)5-16-12(22)7-18-13(23)8-17-11(21)6-15-9/h1-3,5-8H,4H2. The van der Waals surface area contributed by atoms with Crippen molar-refractivity contribution in [2.45, 2.75) is 0 Å². The van der Waals surface area contributed by atoms with Gasteiger partial charge < -0.3 is 4.74 Å². The number of hydrogen-bond acceptors (Lipinski definition) is 6. The van der Waals surface area contributed by atoms with Crippen LogP contribution in [0.4, 0.5) is 0 Å². The van der Waals surface area contributed by atoms with Crippen molar-refractivity contribution in [3.05, 3.63) is 12.3 Å². The van der Waals surface area contributed by atoms with Gasteiger partial charge in [-0.3, -0.25) is 24.0 Å². The molecule has 0 fully saturated rings. The van der Waals surface area contributed by atoms with E-state index in [1.807, 2.05) is 0 Å². The third-order valence-electron chi connectivity index (χ3n) is 1.91. The lowest BCUT2D eigenvalue weighted by Crippen LogP contribution is -2.05. The second kappa shape index (κ2) is 10.0. The Labute approximate surface area is 134 Å². The van der Waals surface area contributed by atoms with Gasteiger partial charge in [0.05, 0.1) is 31.1 Å². The highest BCUT2D eigenvalue weighted by atomic mass is 16.5. The lowest BCUT2D eigenvalue weighted by Gasteiger charge is -1.91. The van der Waals surface area contributed by atoms with Gasteiger partial charge in [-0.25, -0.2) is 25.0 Å². The van der Waals surface area contributed by atoms with Gasteiger partial charge in [-0.05, 0) is 0 Å². The fraction of sp³-hybridized carbons (Fsp3) is 0.0769. The molecule has 0 aromatic heterocycles. The summed E-state index contributed by atoms with van der Waals surface area (Å²) >= 11 is 0. The number of carbonyl (C=O) groups is 5. The largest absolute Gasteiger partial charge is 0.495 e. The quantitative estimate of drug-likeness (QED) is 0.526. The molecule has 11 heteroatoms. The minimum absolute atomic E-state index is 0.139. The van der Waals surface area contributed by atoms with Crippen molar-refractivity contribution in [3.63, 3.8) is 0 Å². The van der Waals surface area contributed by atoms with Crippen molar-refractivity contribution < 1.29 is 28.7 Å². The van der Waals surface area contributed by atoms with Crippen molar-refractivity contribution in [1.82, 2.24) is 0 Å². The topological polar surface area (TPSA) is 156 Å². The Morgan fingerprint density at radius 1 is 0.625 bits per heavy atom. The van der Waals surface area contributed by atoms with E-state index in [-0.39, 0.29) is 6.61 Å². The molecule has 1 rings (SSSR count). The maximum absolute atomic E-state index is 11.2. The van der Waals surface area contributed by atoms with Gasteiger partial charge in [-0.1, -0.05) is 0 Å². The number of nitrogens with zero attached hydrogens (tertiary/aromatic N) is 5. The molecule has 0 saturated carbocycles. The van der Waals surface area contributed by atoms with Crippen LogP contribution in [0.5, 0.6) is 0 Å². The molecule has 0 unspecified atom stereocenters. The van der Waals surface area contributed by atoms with Crippen LogP contribution in [0, 0.1) is 0 Å². The van der Waals surface area contributed by atoms with E-state index < -0.39 is 29.5 Å². The van der Waals surface area contributed by atoms with Gasteiger partial charge in [0.1, 0.15) is 6.61 Å². The second-order valence-corrected chi connectivity index (χ2v) is 3.67. The lowest BCUT2D eigenvalue weighted by atomic mass is 10.5. The van der Waals surface area contributed by atoms with Crippen LogP contribution >= 0.6 is 0 Å². The zero-order valence-electron chi connectivity index (χ0n) is 11.9. The number of rotatable bonds is 0. The van der Waals surface area contributed by atoms with E-state index in [0.29, 0.717) is 24.9 Å². The van der Waals surface area contributed by atoms with Crippen LogP contribution in [0.2, 0.25) is 0 Å². The van der Waals surface area contributed by atoms with Gasteiger partial charge in [-0.2, -0.15) is 0 Å². The summed E-state index contributed by atoms with van der Waals surface area (Å²) in [5.74, 6) is -4.66. The molecule has 1 heterocycles. The number of ether oxygens (including phenoxy) is 1. The Kier molecular flexibility index (Phi) is 7.66. The SMILES string of the molecule is O=C1C=COCC=NC(=O)C=NC(=O)C=NC(=O)C=NC(=O)C=N1. The van der Waals surface area contributed by atoms with Crippen LogP contribution in [-0.4, -0.2) is 67.2 Å². The molecule has 0 saturated heterocycles. The first-order valence-corrected chi connectivity index (χ1v) is 6.14. The normalized spacial score (nSPS) is 17.6. The molecule has 24 heavy (non-hydrogen) atoms. The molecule has 0 aromatic rings. The lowest BCUT2D eigenvalue weighted by molar-refractivity contribution is -0.115. The molecule has 122 valence electrons. The first kappa shape index (κ1) is 18.3. The van der Waals surface area contributed by atoms with E-state index in [1.165, 1.54) is 0 Å². The van der Waals surface area contributed by atoms with E-state index in [4.69, 9.17) is 4.74 Å². The predicted molar refractivity (Wildman–Crippen MR) is 82.6 cm³/mol. The summed E-state index contributed by atoms with van der Waals surface area (Å²) in [6.45, 7) is -0.139. The molecule has 0 radical (unpaired) electrons. The Bertz CT molecular complexity index is 669. The van der Waals surface area contributed by atoms with Crippen LogP contribution < -0.4 is 0 Å². The van der Waals surface area contributed by atoms with Crippen LogP contribution in [-0.2, 0) is 28.7 Å². The van der Waals surface area contributed by atoms with Crippen molar-refractivity contribution >= 4 is 60.6 Å². The van der Waals surface area contributed by atoms with Gasteiger partial charge in [0.2, 0.25) is 0 Å². The molecule has 0 N–H and O–H groups in total. The van der Waals surface area contributed by atoms with Gasteiger partial charge in [-0.15, -0.1) is 0 Å². The molecule has 1 aliphatic heterocycles. The highest BCUT2D eigenvalue weighted by Crippen LogP contribution is 1.83. The van der Waals surface area contributed by atoms with Crippen LogP contribution in [0.1, 0.15) is 0 Å². The molecule has 0 spiro atoms. The van der Waals surface area contributed by atoms with Crippen molar-refractivity contribution in [2.75, 3.05) is 6.61 Å². The van der Waals surface area contributed by atoms with Gasteiger partial charge >= 0.3 is 0 Å². The summed E-state index contributed by atoms with van der Waals surface area (Å²) in [6.07, 6.45) is 5.22. The maximum Gasteiger partial charge on any atom is 0.288 e. The van der Waals surface area contributed by atoms with Crippen LogP contribution in [0.25, 0.3) is 0 Å². The molecular formula is C13H9N5O6. The highest BCUT2D eigenvalue weighted by Gasteiger charge is 2.00. The Morgan fingerprint density at radius 3 is 1.54 bits per heavy atom. The average molecular weight is 331 g/mol. The molecule has 1 aliphatic rings. The zero-order chi connectivity index (χ0) is 17.8. The smallest absolute Gasteiger partial charge is 0.288 e. The third-order valence-corrected chi connectivity index (χ3v) is 1.91. The summed E-state index contributed by atoms with van der Waals surface area (Å²) in [7, 11) is 0. The van der Waals surface area contributed by atoms with E-state index in [1.54, 1.807) is 0 Å². The number of aliphatic imine (C=N–C) groups is 5. The Morgan fingerprint density at radius 2 is 1.04 bits per heavy atom. The number of hydrogen-bond donors (Lipinski definition) is 0. The Balaban J connectivity index is 2.91. The first-order valence-electron chi connectivity index (χ1n) is 6.14. The predicted octanol–water partition coefficient (Wildman–Crippen LogP) is -1.48. The van der Waals surface area contributed by atoms with E-state index in [2.05, 4.69) is 25.0 Å². The van der Waals surface area contributed by atoms with Crippen LogP contribution in [0.15, 0.2) is 37.3 Å². The van der Waals surface area contributed by atoms with Crippen molar-refractivity contribution in [1.29, 1.82) is 0 Å². The summed E-state index contributed by atoms with van der Waals surface area (Å²) in [5.41, 5.74) is 0. The third kappa shape index (κ3) is 8.51. The van der Waals surface area contributed by atoms with Gasteiger partial charge in [0, 0.05) is 12.3 Å². The van der Waals surface area contributed by atoms with E-state index in [9.17, 15) is 24.0 Å². The zero-order valence-corrected chi connectivity index (χ0v) is 11.9. The monoisotopic (exact) mass is 331 g/mol. The summed E-state index contributed by atoms with van der Waals surface area (Å²) < 4.78 is 4.81. The summed E-state index contributed by atoms with van der Waals surface area (Å²) in [4.78, 5) is 72.1. The van der Waals surface area contributed by atoms with Gasteiger partial charge in [0.25, 0.3) is 29.5 Å². The maximum atomic E-state index is 11.2. The minimum atomic E-state index is -1.03. The molecule has 5 amide bonds. The number of amides is 5. The highest BCUT2D eigenvalue weighted by molar-refractivity contribution is 6.40. The van der Waals surface area contributed by atoms with E-state index >= 15 is 0 Å².